The predicted molar refractivity (Wildman–Crippen MR) is 50.6 cm³/mol. The smallest absolute Gasteiger partial charge is 0.0682 e. The second-order valence-electron chi connectivity index (χ2n) is 2.72. The van der Waals surface area contributed by atoms with Crippen molar-refractivity contribution in [1.82, 2.24) is 4.90 Å². The van der Waals surface area contributed by atoms with E-state index in [1.54, 1.807) is 0 Å². The first-order valence-corrected chi connectivity index (χ1v) is 3.32. The molecule has 0 aromatic carbocycles. The summed E-state index contributed by atoms with van der Waals surface area (Å²) in [4.78, 5) is 2.10. The second-order valence-corrected chi connectivity index (χ2v) is 2.72. The van der Waals surface area contributed by atoms with Crippen LogP contribution in [0.2, 0.25) is 0 Å². The number of hydrogen-bond donors (Lipinski definition) is 2. The molecule has 0 spiro atoms. The molecule has 0 bridgehead atoms. The van der Waals surface area contributed by atoms with Crippen LogP contribution in [0.5, 0.6) is 0 Å². The van der Waals surface area contributed by atoms with Gasteiger partial charge in [-0.1, -0.05) is 0 Å². The fourth-order valence-corrected chi connectivity index (χ4v) is 1.33. The van der Waals surface area contributed by atoms with Gasteiger partial charge in [-0.05, 0) is 13.5 Å². The molecule has 0 aromatic rings. The predicted octanol–water partition coefficient (Wildman–Crippen LogP) is -0.146. The van der Waals surface area contributed by atoms with Crippen LogP contribution in [0.1, 0.15) is 6.42 Å². The van der Waals surface area contributed by atoms with Crippen molar-refractivity contribution >= 4 is 24.8 Å². The van der Waals surface area contributed by atoms with Crippen molar-refractivity contribution in [2.45, 2.75) is 18.6 Å². The molecule has 5 heteroatoms. The van der Waals surface area contributed by atoms with Crippen LogP contribution in [0.25, 0.3) is 0 Å². The lowest BCUT2D eigenvalue weighted by molar-refractivity contribution is 0.182. The summed E-state index contributed by atoms with van der Waals surface area (Å²) in [7, 11) is 1.99. The molecular formula is C6H16Cl2N2O. The molecule has 0 aliphatic carbocycles. The summed E-state index contributed by atoms with van der Waals surface area (Å²) in [5, 5.41) is 9.10. The van der Waals surface area contributed by atoms with Gasteiger partial charge < -0.3 is 10.8 Å². The zero-order valence-electron chi connectivity index (χ0n) is 6.56. The Morgan fingerprint density at radius 2 is 2.09 bits per heavy atom. The van der Waals surface area contributed by atoms with E-state index in [0.717, 1.165) is 13.0 Å². The molecule has 0 radical (unpaired) electrons. The Morgan fingerprint density at radius 3 is 2.27 bits per heavy atom. The van der Waals surface area contributed by atoms with Crippen molar-refractivity contribution in [2.75, 3.05) is 20.1 Å². The highest BCUT2D eigenvalue weighted by molar-refractivity contribution is 5.85. The van der Waals surface area contributed by atoms with Crippen LogP contribution in [-0.2, 0) is 0 Å². The Labute approximate surface area is 79.8 Å². The zero-order valence-corrected chi connectivity index (χ0v) is 8.20. The van der Waals surface area contributed by atoms with E-state index in [2.05, 4.69) is 4.90 Å². The van der Waals surface area contributed by atoms with Gasteiger partial charge in [-0.2, -0.15) is 0 Å². The molecule has 1 aliphatic heterocycles. The minimum Gasteiger partial charge on any atom is -0.392 e. The topological polar surface area (TPSA) is 49.5 Å². The molecule has 0 saturated carbocycles. The number of nitrogens with zero attached hydrogens (tertiary/aromatic N) is 1. The van der Waals surface area contributed by atoms with Gasteiger partial charge in [-0.15, -0.1) is 24.8 Å². The van der Waals surface area contributed by atoms with Crippen LogP contribution in [0.4, 0.5) is 0 Å². The molecule has 1 fully saturated rings. The van der Waals surface area contributed by atoms with E-state index >= 15 is 0 Å². The van der Waals surface area contributed by atoms with E-state index in [-0.39, 0.29) is 30.9 Å². The summed E-state index contributed by atoms with van der Waals surface area (Å²) >= 11 is 0. The molecule has 3 N–H and O–H groups in total. The molecule has 0 aromatic heterocycles. The van der Waals surface area contributed by atoms with Crippen molar-refractivity contribution in [1.29, 1.82) is 0 Å². The zero-order chi connectivity index (χ0) is 6.85. The maximum absolute atomic E-state index is 9.10. The third-order valence-electron chi connectivity index (χ3n) is 1.94. The molecule has 1 heterocycles. The van der Waals surface area contributed by atoms with Gasteiger partial charge in [0.2, 0.25) is 0 Å². The van der Waals surface area contributed by atoms with Crippen molar-refractivity contribution in [2.24, 2.45) is 5.73 Å². The molecule has 1 rings (SSSR count). The average Bonchev–Trinajstić information content (AvgIpc) is 2.10. The highest BCUT2D eigenvalue weighted by atomic mass is 35.5. The van der Waals surface area contributed by atoms with E-state index in [4.69, 9.17) is 10.8 Å². The lowest BCUT2D eigenvalue weighted by atomic mass is 10.2. The summed E-state index contributed by atoms with van der Waals surface area (Å²) in [5.74, 6) is 0. The van der Waals surface area contributed by atoms with Gasteiger partial charge in [0, 0.05) is 19.1 Å². The Bertz CT molecular complexity index is 105. The normalized spacial score (nSPS) is 30.8. The number of aliphatic hydroxyl groups excluding tert-OH is 1. The van der Waals surface area contributed by atoms with Crippen molar-refractivity contribution in [3.63, 3.8) is 0 Å². The van der Waals surface area contributed by atoms with Crippen LogP contribution in [-0.4, -0.2) is 42.3 Å². The fourth-order valence-electron chi connectivity index (χ4n) is 1.33. The number of likely N-dealkylation sites (tertiary alicyclic amines) is 1. The quantitative estimate of drug-likeness (QED) is 0.623. The highest BCUT2D eigenvalue weighted by Crippen LogP contribution is 2.13. The number of β-amino-alcohol motifs (C(OH)–C–C–N with tert-alkyl or cyclic N) is 1. The summed E-state index contributed by atoms with van der Waals surface area (Å²) in [5.41, 5.74) is 5.43. The molecular weight excluding hydrogens is 187 g/mol. The van der Waals surface area contributed by atoms with E-state index in [0.29, 0.717) is 12.6 Å². The van der Waals surface area contributed by atoms with Crippen LogP contribution in [0, 0.1) is 0 Å². The van der Waals surface area contributed by atoms with Crippen LogP contribution < -0.4 is 5.73 Å². The monoisotopic (exact) mass is 202 g/mol. The van der Waals surface area contributed by atoms with E-state index in [9.17, 15) is 0 Å². The summed E-state index contributed by atoms with van der Waals surface area (Å²) in [6, 6.07) is 0.403. The van der Waals surface area contributed by atoms with Gasteiger partial charge in [0.25, 0.3) is 0 Å². The Balaban J connectivity index is 0. The van der Waals surface area contributed by atoms with E-state index in [1.807, 2.05) is 7.05 Å². The fraction of sp³-hybridized carbons (Fsp3) is 1.00. The summed E-state index contributed by atoms with van der Waals surface area (Å²) < 4.78 is 0. The Hall–Kier alpha value is 0.460. The van der Waals surface area contributed by atoms with Gasteiger partial charge in [0.15, 0.2) is 0 Å². The van der Waals surface area contributed by atoms with Gasteiger partial charge >= 0.3 is 0 Å². The van der Waals surface area contributed by atoms with Gasteiger partial charge in [0.1, 0.15) is 0 Å². The van der Waals surface area contributed by atoms with Gasteiger partial charge in [-0.25, -0.2) is 0 Å². The molecule has 2 atom stereocenters. The second kappa shape index (κ2) is 6.03. The van der Waals surface area contributed by atoms with Crippen molar-refractivity contribution in [3.8, 4) is 0 Å². The first-order valence-electron chi connectivity index (χ1n) is 3.32. The summed E-state index contributed by atoms with van der Waals surface area (Å²) in [6.45, 7) is 1.44. The van der Waals surface area contributed by atoms with E-state index < -0.39 is 0 Å². The third kappa shape index (κ3) is 3.58. The van der Waals surface area contributed by atoms with Crippen molar-refractivity contribution < 1.29 is 5.11 Å². The number of halogens is 2. The van der Waals surface area contributed by atoms with Gasteiger partial charge in [0.05, 0.1) is 6.10 Å². The molecule has 1 saturated heterocycles. The molecule has 70 valence electrons. The number of nitrogens with two attached hydrogens (primary N) is 1. The number of rotatable bonds is 1. The molecule has 2 unspecified atom stereocenters. The minimum absolute atomic E-state index is 0. The Morgan fingerprint density at radius 1 is 1.55 bits per heavy atom. The standard InChI is InChI=1S/C6H14N2O.2ClH/c1-8-4-6(9)2-5(8)3-7;;/h5-6,9H,2-4,7H2,1H3;2*1H. The van der Waals surface area contributed by atoms with E-state index in [1.165, 1.54) is 0 Å². The maximum atomic E-state index is 9.10. The first-order chi connectivity index (χ1) is 4.24. The minimum atomic E-state index is -0.149. The lowest BCUT2D eigenvalue weighted by Gasteiger charge is -2.15. The largest absolute Gasteiger partial charge is 0.392 e. The first kappa shape index (κ1) is 14.0. The lowest BCUT2D eigenvalue weighted by Crippen LogP contribution is -2.31. The number of hydrogen-bond acceptors (Lipinski definition) is 3. The Kier molecular flexibility index (Phi) is 7.68. The van der Waals surface area contributed by atoms with Crippen molar-refractivity contribution in [3.05, 3.63) is 0 Å². The SMILES string of the molecule is CN1CC(O)CC1CN.Cl.Cl. The molecule has 0 amide bonds. The number of likely N-dealkylation sites (N-methyl/N-ethyl adjacent to an activating group) is 1. The molecule has 1 aliphatic rings. The highest BCUT2D eigenvalue weighted by Gasteiger charge is 2.26. The molecule has 3 nitrogen and oxygen atoms in total. The summed E-state index contributed by atoms with van der Waals surface area (Å²) in [6.07, 6.45) is 0.691. The third-order valence-corrected chi connectivity index (χ3v) is 1.94. The average molecular weight is 203 g/mol. The van der Waals surface area contributed by atoms with Gasteiger partial charge in [-0.3, -0.25) is 4.90 Å². The van der Waals surface area contributed by atoms with Crippen LogP contribution in [0.15, 0.2) is 0 Å². The van der Waals surface area contributed by atoms with Crippen LogP contribution >= 0.6 is 24.8 Å². The molecule has 11 heavy (non-hydrogen) atoms. The number of aliphatic hydroxyl groups is 1. The van der Waals surface area contributed by atoms with Crippen LogP contribution in [0.3, 0.4) is 0 Å². The maximum Gasteiger partial charge on any atom is 0.0682 e.